The van der Waals surface area contributed by atoms with Crippen molar-refractivity contribution in [3.63, 3.8) is 0 Å². The quantitative estimate of drug-likeness (QED) is 0.614. The number of sulfone groups is 1. The SMILES string of the molecule is CS(=O)(=O)Cc1cc(O)ccc1[N+](=O)[O-]. The Bertz CT molecular complexity index is 494. The van der Waals surface area contributed by atoms with E-state index in [1.807, 2.05) is 0 Å². The lowest BCUT2D eigenvalue weighted by Crippen LogP contribution is -2.03. The van der Waals surface area contributed by atoms with Crippen LogP contribution in [-0.2, 0) is 15.6 Å². The van der Waals surface area contributed by atoms with E-state index < -0.39 is 20.5 Å². The van der Waals surface area contributed by atoms with E-state index in [2.05, 4.69) is 0 Å². The van der Waals surface area contributed by atoms with Gasteiger partial charge in [0, 0.05) is 17.9 Å². The molecule has 0 saturated heterocycles. The van der Waals surface area contributed by atoms with Crippen LogP contribution in [0.1, 0.15) is 5.56 Å². The lowest BCUT2D eigenvalue weighted by atomic mass is 10.2. The molecule has 15 heavy (non-hydrogen) atoms. The van der Waals surface area contributed by atoms with Crippen LogP contribution in [0.5, 0.6) is 5.75 Å². The number of phenols is 1. The minimum absolute atomic E-state index is 0.0116. The topological polar surface area (TPSA) is 97.5 Å². The zero-order chi connectivity index (χ0) is 11.6. The molecular formula is C8H9NO5S. The average Bonchev–Trinajstić information content (AvgIpc) is 1.99. The van der Waals surface area contributed by atoms with Crippen molar-refractivity contribution in [2.24, 2.45) is 0 Å². The van der Waals surface area contributed by atoms with Crippen molar-refractivity contribution in [2.45, 2.75) is 5.75 Å². The van der Waals surface area contributed by atoms with Gasteiger partial charge in [0.25, 0.3) is 5.69 Å². The molecule has 0 heterocycles. The van der Waals surface area contributed by atoms with E-state index in [4.69, 9.17) is 5.11 Å². The summed E-state index contributed by atoms with van der Waals surface area (Å²) in [5.41, 5.74) is -0.319. The van der Waals surface area contributed by atoms with Gasteiger partial charge in [-0.25, -0.2) is 8.42 Å². The standard InChI is InChI=1S/C8H9NO5S/c1-15(13,14)5-6-4-7(10)2-3-8(6)9(11)12/h2-4,10H,5H2,1H3. The van der Waals surface area contributed by atoms with Crippen molar-refractivity contribution < 1.29 is 18.4 Å². The second-order valence-corrected chi connectivity index (χ2v) is 5.28. The van der Waals surface area contributed by atoms with E-state index in [0.717, 1.165) is 24.5 Å². The zero-order valence-corrected chi connectivity index (χ0v) is 8.69. The first-order valence-electron chi connectivity index (χ1n) is 3.93. The first-order chi connectivity index (χ1) is 6.79. The molecule has 1 N–H and O–H groups in total. The summed E-state index contributed by atoms with van der Waals surface area (Å²) in [6, 6.07) is 3.30. The van der Waals surface area contributed by atoms with E-state index in [1.54, 1.807) is 0 Å². The molecule has 0 atom stereocenters. The maximum atomic E-state index is 11.0. The molecule has 0 spiro atoms. The van der Waals surface area contributed by atoms with Gasteiger partial charge in [0.15, 0.2) is 9.84 Å². The van der Waals surface area contributed by atoms with Crippen molar-refractivity contribution in [3.8, 4) is 5.75 Å². The molecule has 0 aliphatic heterocycles. The molecule has 1 rings (SSSR count). The molecule has 0 unspecified atom stereocenters. The van der Waals surface area contributed by atoms with Crippen molar-refractivity contribution in [3.05, 3.63) is 33.9 Å². The van der Waals surface area contributed by atoms with Crippen molar-refractivity contribution >= 4 is 15.5 Å². The molecule has 82 valence electrons. The summed E-state index contributed by atoms with van der Waals surface area (Å²) < 4.78 is 22.0. The lowest BCUT2D eigenvalue weighted by molar-refractivity contribution is -0.385. The fourth-order valence-electron chi connectivity index (χ4n) is 1.15. The highest BCUT2D eigenvalue weighted by atomic mass is 32.2. The zero-order valence-electron chi connectivity index (χ0n) is 7.87. The Morgan fingerprint density at radius 3 is 2.53 bits per heavy atom. The van der Waals surface area contributed by atoms with Gasteiger partial charge < -0.3 is 5.11 Å². The predicted octanol–water partition coefficient (Wildman–Crippen LogP) is 0.845. The molecule has 0 aromatic heterocycles. The Morgan fingerprint density at radius 2 is 2.07 bits per heavy atom. The number of nitro groups is 1. The maximum absolute atomic E-state index is 11.0. The van der Waals surface area contributed by atoms with Crippen LogP contribution >= 0.6 is 0 Å². The van der Waals surface area contributed by atoms with E-state index in [-0.39, 0.29) is 17.0 Å². The molecule has 0 amide bonds. The van der Waals surface area contributed by atoms with Crippen molar-refractivity contribution in [2.75, 3.05) is 6.26 Å². The first-order valence-corrected chi connectivity index (χ1v) is 5.99. The van der Waals surface area contributed by atoms with Gasteiger partial charge in [0.2, 0.25) is 0 Å². The van der Waals surface area contributed by atoms with Gasteiger partial charge in [-0.3, -0.25) is 10.1 Å². The fraction of sp³-hybridized carbons (Fsp3) is 0.250. The smallest absolute Gasteiger partial charge is 0.273 e. The van der Waals surface area contributed by atoms with Crippen LogP contribution in [0.3, 0.4) is 0 Å². The molecule has 0 radical (unpaired) electrons. The molecule has 6 nitrogen and oxygen atoms in total. The summed E-state index contributed by atoms with van der Waals surface area (Å²) in [5, 5.41) is 19.6. The highest BCUT2D eigenvalue weighted by Crippen LogP contribution is 2.24. The van der Waals surface area contributed by atoms with Crippen LogP contribution < -0.4 is 0 Å². The van der Waals surface area contributed by atoms with E-state index in [9.17, 15) is 18.5 Å². The van der Waals surface area contributed by atoms with Gasteiger partial charge >= 0.3 is 0 Å². The van der Waals surface area contributed by atoms with Gasteiger partial charge in [0.1, 0.15) is 5.75 Å². The third kappa shape index (κ3) is 3.21. The van der Waals surface area contributed by atoms with Crippen LogP contribution in [0.15, 0.2) is 18.2 Å². The van der Waals surface area contributed by atoms with Gasteiger partial charge in [-0.15, -0.1) is 0 Å². The molecule has 0 aliphatic carbocycles. The number of benzene rings is 1. The Kier molecular flexibility index (Phi) is 2.94. The van der Waals surface area contributed by atoms with Crippen LogP contribution in [0.4, 0.5) is 5.69 Å². The molecular weight excluding hydrogens is 222 g/mol. The van der Waals surface area contributed by atoms with Gasteiger partial charge in [-0.05, 0) is 12.1 Å². The summed E-state index contributed by atoms with van der Waals surface area (Å²) in [4.78, 5) is 9.87. The first kappa shape index (κ1) is 11.4. The normalized spacial score (nSPS) is 11.3. The Balaban J connectivity index is 3.25. The Labute approximate surface area is 86.2 Å². The van der Waals surface area contributed by atoms with Crippen molar-refractivity contribution in [1.29, 1.82) is 0 Å². The molecule has 0 bridgehead atoms. The van der Waals surface area contributed by atoms with E-state index in [0.29, 0.717) is 0 Å². The Morgan fingerprint density at radius 1 is 1.47 bits per heavy atom. The number of rotatable bonds is 3. The Hall–Kier alpha value is -1.63. The summed E-state index contributed by atoms with van der Waals surface area (Å²) in [5.74, 6) is -0.656. The maximum Gasteiger partial charge on any atom is 0.273 e. The number of hydrogen-bond donors (Lipinski definition) is 1. The largest absolute Gasteiger partial charge is 0.508 e. The molecule has 0 fully saturated rings. The number of nitro benzene ring substituents is 1. The molecule has 7 heteroatoms. The molecule has 0 saturated carbocycles. The predicted molar refractivity (Wildman–Crippen MR) is 53.3 cm³/mol. The summed E-state index contributed by atoms with van der Waals surface area (Å²) in [6.45, 7) is 0. The van der Waals surface area contributed by atoms with E-state index >= 15 is 0 Å². The highest BCUT2D eigenvalue weighted by Gasteiger charge is 2.17. The molecule has 1 aromatic rings. The van der Waals surface area contributed by atoms with Crippen LogP contribution in [0.2, 0.25) is 0 Å². The number of aromatic hydroxyl groups is 1. The fourth-order valence-corrected chi connectivity index (χ4v) is 1.94. The number of phenolic OH excluding ortho intramolecular Hbond substituents is 1. The number of hydrogen-bond acceptors (Lipinski definition) is 5. The molecule has 1 aromatic carbocycles. The highest BCUT2D eigenvalue weighted by molar-refractivity contribution is 7.89. The third-order valence-electron chi connectivity index (χ3n) is 1.68. The van der Waals surface area contributed by atoms with Crippen LogP contribution in [0, 0.1) is 10.1 Å². The van der Waals surface area contributed by atoms with Crippen LogP contribution in [-0.4, -0.2) is 24.7 Å². The third-order valence-corrected chi connectivity index (χ3v) is 2.51. The minimum atomic E-state index is -3.37. The van der Waals surface area contributed by atoms with Crippen LogP contribution in [0.25, 0.3) is 0 Å². The summed E-state index contributed by atoms with van der Waals surface area (Å²) >= 11 is 0. The number of nitrogens with zero attached hydrogens (tertiary/aromatic N) is 1. The summed E-state index contributed by atoms with van der Waals surface area (Å²) in [6.07, 6.45) is 0.973. The average molecular weight is 231 g/mol. The van der Waals surface area contributed by atoms with Gasteiger partial charge in [0.05, 0.1) is 10.7 Å². The summed E-state index contributed by atoms with van der Waals surface area (Å²) in [7, 11) is -3.37. The minimum Gasteiger partial charge on any atom is -0.508 e. The van der Waals surface area contributed by atoms with Gasteiger partial charge in [-0.1, -0.05) is 0 Å². The van der Waals surface area contributed by atoms with Crippen molar-refractivity contribution in [1.82, 2.24) is 0 Å². The van der Waals surface area contributed by atoms with Gasteiger partial charge in [-0.2, -0.15) is 0 Å². The lowest BCUT2D eigenvalue weighted by Gasteiger charge is -2.01. The second kappa shape index (κ2) is 3.85. The monoisotopic (exact) mass is 231 g/mol. The second-order valence-electron chi connectivity index (χ2n) is 3.14. The molecule has 0 aliphatic rings. The van der Waals surface area contributed by atoms with E-state index in [1.165, 1.54) is 0 Å².